The normalized spacial score (nSPS) is 23.4. The summed E-state index contributed by atoms with van der Waals surface area (Å²) in [5, 5.41) is 11.3. The van der Waals surface area contributed by atoms with E-state index in [0.717, 1.165) is 19.4 Å². The maximum Gasteiger partial charge on any atom is 0.251 e. The predicted octanol–water partition coefficient (Wildman–Crippen LogP) is 1.50. The van der Waals surface area contributed by atoms with E-state index >= 15 is 0 Å². The summed E-state index contributed by atoms with van der Waals surface area (Å²) in [6, 6.07) is 4.81. The number of nitrogens with zero attached hydrogens (tertiary/aromatic N) is 4. The number of hydrogen-bond acceptors (Lipinski definition) is 6. The first kappa shape index (κ1) is 17.1. The first-order valence-corrected chi connectivity index (χ1v) is 9.31. The number of anilines is 1. The lowest BCUT2D eigenvalue weighted by Crippen LogP contribution is -2.35. The second-order valence-electron chi connectivity index (χ2n) is 7.44. The fourth-order valence-electron chi connectivity index (χ4n) is 4.50. The Bertz CT molecular complexity index is 1100. The van der Waals surface area contributed by atoms with Crippen molar-refractivity contribution < 1.29 is 9.18 Å². The summed E-state index contributed by atoms with van der Waals surface area (Å²) < 4.78 is 16.8. The third-order valence-electron chi connectivity index (χ3n) is 5.84. The molecule has 1 saturated heterocycles. The highest BCUT2D eigenvalue weighted by Gasteiger charge is 2.42. The molecule has 1 aliphatic carbocycles. The third-order valence-corrected chi connectivity index (χ3v) is 5.84. The minimum atomic E-state index is -0.540. The number of nitrogens with one attached hydrogen (secondary N) is 2. The van der Waals surface area contributed by atoms with Crippen LogP contribution in [-0.4, -0.2) is 45.3 Å². The highest BCUT2D eigenvalue weighted by molar-refractivity contribution is 5.99. The van der Waals surface area contributed by atoms with Crippen LogP contribution in [0.15, 0.2) is 24.5 Å². The Morgan fingerprint density at radius 3 is 2.89 bits per heavy atom. The van der Waals surface area contributed by atoms with Gasteiger partial charge in [-0.3, -0.25) is 4.79 Å². The van der Waals surface area contributed by atoms with Gasteiger partial charge in [-0.05, 0) is 43.5 Å². The van der Waals surface area contributed by atoms with E-state index in [1.807, 2.05) is 4.68 Å². The fourth-order valence-corrected chi connectivity index (χ4v) is 4.50. The molecule has 9 heteroatoms. The number of rotatable bonds is 3. The molecule has 2 aliphatic rings. The smallest absolute Gasteiger partial charge is 0.251 e. The summed E-state index contributed by atoms with van der Waals surface area (Å²) in [4.78, 5) is 20.3. The largest absolute Gasteiger partial charge is 0.383 e. The van der Waals surface area contributed by atoms with E-state index in [-0.39, 0.29) is 28.9 Å². The van der Waals surface area contributed by atoms with Gasteiger partial charge in [-0.2, -0.15) is 5.10 Å². The summed E-state index contributed by atoms with van der Waals surface area (Å²) in [6.45, 7) is 1.03. The third kappa shape index (κ3) is 2.46. The lowest BCUT2D eigenvalue weighted by Gasteiger charge is -2.23. The van der Waals surface area contributed by atoms with E-state index in [4.69, 9.17) is 10.8 Å². The second-order valence-corrected chi connectivity index (χ2v) is 7.44. The van der Waals surface area contributed by atoms with Crippen molar-refractivity contribution in [3.63, 3.8) is 0 Å². The van der Waals surface area contributed by atoms with Crippen LogP contribution in [0.1, 0.15) is 29.2 Å². The summed E-state index contributed by atoms with van der Waals surface area (Å²) >= 11 is 0. The Balaban J connectivity index is 1.67. The fraction of sp³-hybridized carbons (Fsp3) is 0.368. The number of carbonyl (C=O) groups is 1. The average molecular weight is 381 g/mol. The number of aromatic nitrogens is 4. The van der Waals surface area contributed by atoms with Gasteiger partial charge in [-0.15, -0.1) is 0 Å². The Morgan fingerprint density at radius 1 is 1.36 bits per heavy atom. The zero-order valence-corrected chi connectivity index (χ0v) is 15.3. The summed E-state index contributed by atoms with van der Waals surface area (Å²) in [7, 11) is 1.50. The van der Waals surface area contributed by atoms with Gasteiger partial charge in [0.15, 0.2) is 5.65 Å². The van der Waals surface area contributed by atoms with Crippen LogP contribution in [0, 0.1) is 11.7 Å². The van der Waals surface area contributed by atoms with Crippen LogP contribution in [0.5, 0.6) is 0 Å². The van der Waals surface area contributed by atoms with Gasteiger partial charge in [0.25, 0.3) is 5.91 Å². The molecule has 3 aromatic rings. The van der Waals surface area contributed by atoms with Crippen molar-refractivity contribution >= 4 is 22.8 Å². The number of amides is 1. The van der Waals surface area contributed by atoms with E-state index in [9.17, 15) is 9.18 Å². The lowest BCUT2D eigenvalue weighted by atomic mass is 10.1. The molecular weight excluding hydrogens is 361 g/mol. The van der Waals surface area contributed by atoms with Crippen molar-refractivity contribution in [3.8, 4) is 11.3 Å². The first-order chi connectivity index (χ1) is 13.6. The van der Waals surface area contributed by atoms with Gasteiger partial charge in [0.05, 0.1) is 11.4 Å². The molecule has 1 saturated carbocycles. The van der Waals surface area contributed by atoms with Crippen LogP contribution in [0.4, 0.5) is 10.2 Å². The summed E-state index contributed by atoms with van der Waals surface area (Å²) in [6.07, 6.45) is 3.53. The number of fused-ring (bicyclic) bond motifs is 3. The molecular formula is C19H20FN7O. The first-order valence-electron chi connectivity index (χ1n) is 9.31. The molecule has 2 fully saturated rings. The Morgan fingerprint density at radius 2 is 2.21 bits per heavy atom. The molecule has 0 spiro atoms. The quantitative estimate of drug-likeness (QED) is 0.634. The van der Waals surface area contributed by atoms with Gasteiger partial charge in [0.1, 0.15) is 23.7 Å². The van der Waals surface area contributed by atoms with Gasteiger partial charge >= 0.3 is 0 Å². The molecule has 0 unspecified atom stereocenters. The van der Waals surface area contributed by atoms with Crippen molar-refractivity contribution in [2.45, 2.75) is 24.9 Å². The number of halogens is 1. The van der Waals surface area contributed by atoms with Gasteiger partial charge in [-0.25, -0.2) is 19.0 Å². The van der Waals surface area contributed by atoms with E-state index < -0.39 is 5.82 Å². The molecule has 3 heterocycles. The minimum Gasteiger partial charge on any atom is -0.383 e. The molecule has 28 heavy (non-hydrogen) atoms. The zero-order chi connectivity index (χ0) is 19.4. The zero-order valence-electron chi connectivity index (χ0n) is 15.3. The molecule has 4 N–H and O–H groups in total. The number of carbonyl (C=O) groups excluding carboxylic acids is 1. The lowest BCUT2D eigenvalue weighted by molar-refractivity contribution is 0.0962. The monoisotopic (exact) mass is 381 g/mol. The Hall–Kier alpha value is -3.07. The van der Waals surface area contributed by atoms with Gasteiger partial charge in [-0.1, -0.05) is 0 Å². The number of nitrogen functional groups attached to an aromatic ring is 1. The highest BCUT2D eigenvalue weighted by atomic mass is 19.1. The van der Waals surface area contributed by atoms with Crippen LogP contribution in [0.2, 0.25) is 0 Å². The minimum absolute atomic E-state index is 0.150. The van der Waals surface area contributed by atoms with Gasteiger partial charge in [0.2, 0.25) is 0 Å². The van der Waals surface area contributed by atoms with Crippen LogP contribution < -0.4 is 16.4 Å². The van der Waals surface area contributed by atoms with Gasteiger partial charge < -0.3 is 16.4 Å². The van der Waals surface area contributed by atoms with Crippen LogP contribution in [-0.2, 0) is 0 Å². The van der Waals surface area contributed by atoms with Gasteiger partial charge in [0, 0.05) is 24.2 Å². The molecule has 3 atom stereocenters. The average Bonchev–Trinajstić information content (AvgIpc) is 3.41. The van der Waals surface area contributed by atoms with E-state index in [0.29, 0.717) is 28.7 Å². The Labute approximate surface area is 160 Å². The summed E-state index contributed by atoms with van der Waals surface area (Å²) in [5.41, 5.74) is 7.65. The maximum absolute atomic E-state index is 14.9. The van der Waals surface area contributed by atoms with Crippen LogP contribution in [0.3, 0.4) is 0 Å². The molecule has 2 bridgehead atoms. The van der Waals surface area contributed by atoms with Crippen molar-refractivity contribution in [1.82, 2.24) is 30.4 Å². The number of piperidine rings is 1. The second kappa shape index (κ2) is 6.23. The molecule has 5 rings (SSSR count). The maximum atomic E-state index is 14.9. The molecule has 1 amide bonds. The molecule has 1 aromatic carbocycles. The van der Waals surface area contributed by atoms with Crippen molar-refractivity contribution in [2.24, 2.45) is 5.92 Å². The van der Waals surface area contributed by atoms with Crippen molar-refractivity contribution in [2.75, 3.05) is 19.3 Å². The molecule has 8 nitrogen and oxygen atoms in total. The summed E-state index contributed by atoms with van der Waals surface area (Å²) in [5.74, 6) is -0.00341. The Kier molecular flexibility index (Phi) is 3.80. The predicted molar refractivity (Wildman–Crippen MR) is 102 cm³/mol. The van der Waals surface area contributed by atoms with E-state index in [2.05, 4.69) is 20.6 Å². The van der Waals surface area contributed by atoms with Crippen LogP contribution >= 0.6 is 0 Å². The SMILES string of the molecule is CNC(=O)c1ccc(-c2nn([C@@H]3C[C@@H]4CN[C@@H]3C4)c3ncnc(N)c23)c(F)c1. The molecule has 1 aliphatic heterocycles. The molecule has 0 radical (unpaired) electrons. The number of nitrogens with two attached hydrogens (primary N) is 1. The standard InChI is InChI=1S/C19H20FN7O/c1-22-19(28)10-2-3-11(12(20)6-10)16-15-17(21)24-8-25-18(15)27(26-16)14-5-9-4-13(14)23-7-9/h2-3,6,8-9,13-14,23H,4-5,7H2,1H3,(H,22,28)(H2,21,24,25)/t9-,13-,14-/m1/s1. The number of benzene rings is 1. The van der Waals surface area contributed by atoms with Crippen molar-refractivity contribution in [3.05, 3.63) is 35.9 Å². The van der Waals surface area contributed by atoms with Crippen LogP contribution in [0.25, 0.3) is 22.3 Å². The highest BCUT2D eigenvalue weighted by Crippen LogP contribution is 2.42. The van der Waals surface area contributed by atoms with E-state index in [1.165, 1.54) is 19.4 Å². The molecule has 144 valence electrons. The number of hydrogen-bond donors (Lipinski definition) is 3. The topological polar surface area (TPSA) is 111 Å². The molecule has 2 aromatic heterocycles. The van der Waals surface area contributed by atoms with Crippen molar-refractivity contribution in [1.29, 1.82) is 0 Å². The van der Waals surface area contributed by atoms with E-state index in [1.54, 1.807) is 12.1 Å².